The van der Waals surface area contributed by atoms with Crippen molar-refractivity contribution in [3.05, 3.63) is 35.4 Å². The van der Waals surface area contributed by atoms with Gasteiger partial charge in [0.25, 0.3) is 0 Å². The quantitative estimate of drug-likeness (QED) is 0.584. The number of benzene rings is 1. The van der Waals surface area contributed by atoms with Gasteiger partial charge in [0.1, 0.15) is 0 Å². The molecule has 0 unspecified atom stereocenters. The van der Waals surface area contributed by atoms with Crippen LogP contribution in [0.3, 0.4) is 0 Å². The van der Waals surface area contributed by atoms with Gasteiger partial charge in [-0.2, -0.15) is 0 Å². The Bertz CT molecular complexity index is 251. The van der Waals surface area contributed by atoms with Gasteiger partial charge in [-0.25, -0.2) is 0 Å². The van der Waals surface area contributed by atoms with Crippen LogP contribution in [0.4, 0.5) is 0 Å². The zero-order valence-electron chi connectivity index (χ0n) is 6.71. The lowest BCUT2D eigenvalue weighted by Gasteiger charge is -1.97. The van der Waals surface area contributed by atoms with Gasteiger partial charge in [-0.05, 0) is 12.5 Å². The minimum absolute atomic E-state index is 0.511. The highest BCUT2D eigenvalue weighted by Gasteiger charge is 2.22. The second-order valence-electron chi connectivity index (χ2n) is 3.15. The van der Waals surface area contributed by atoms with Gasteiger partial charge < -0.3 is 4.74 Å². The summed E-state index contributed by atoms with van der Waals surface area (Å²) in [6.45, 7) is 3.07. The molecule has 0 saturated carbocycles. The average Bonchev–Trinajstić information content (AvgIpc) is 2.71. The van der Waals surface area contributed by atoms with Gasteiger partial charge in [-0.1, -0.05) is 29.8 Å². The third-order valence-corrected chi connectivity index (χ3v) is 1.95. The summed E-state index contributed by atoms with van der Waals surface area (Å²) >= 11 is 0. The summed E-state index contributed by atoms with van der Waals surface area (Å²) in [5, 5.41) is 0. The van der Waals surface area contributed by atoms with E-state index in [-0.39, 0.29) is 0 Å². The molecule has 0 spiro atoms. The van der Waals surface area contributed by atoms with Crippen molar-refractivity contribution in [1.29, 1.82) is 0 Å². The Morgan fingerprint density at radius 2 is 2.36 bits per heavy atom. The lowest BCUT2D eigenvalue weighted by Crippen LogP contribution is -1.92. The fraction of sp³-hybridized carbons (Fsp3) is 0.400. The van der Waals surface area contributed by atoms with E-state index < -0.39 is 0 Å². The van der Waals surface area contributed by atoms with E-state index in [1.807, 2.05) is 0 Å². The molecule has 11 heavy (non-hydrogen) atoms. The van der Waals surface area contributed by atoms with Gasteiger partial charge in [0.15, 0.2) is 0 Å². The van der Waals surface area contributed by atoms with Crippen molar-refractivity contribution in [3.8, 4) is 0 Å². The summed E-state index contributed by atoms with van der Waals surface area (Å²) in [7, 11) is 0. The van der Waals surface area contributed by atoms with Crippen LogP contribution in [0.5, 0.6) is 0 Å². The Morgan fingerprint density at radius 3 is 3.00 bits per heavy atom. The molecule has 1 atom stereocenters. The molecule has 1 heteroatoms. The normalized spacial score (nSPS) is 21.7. The number of hydrogen-bond acceptors (Lipinski definition) is 1. The lowest BCUT2D eigenvalue weighted by molar-refractivity contribution is 0.407. The molecule has 1 nitrogen and oxygen atoms in total. The third-order valence-electron chi connectivity index (χ3n) is 1.95. The fourth-order valence-corrected chi connectivity index (χ4v) is 1.29. The molecule has 1 saturated heterocycles. The summed E-state index contributed by atoms with van der Waals surface area (Å²) in [5.41, 5.74) is 2.73. The maximum absolute atomic E-state index is 5.15. The summed E-state index contributed by atoms with van der Waals surface area (Å²) < 4.78 is 5.15. The molecule has 0 bridgehead atoms. The molecule has 0 aromatic heterocycles. The molecule has 0 amide bonds. The van der Waals surface area contributed by atoms with Gasteiger partial charge in [0.05, 0.1) is 12.7 Å². The van der Waals surface area contributed by atoms with Crippen LogP contribution in [0.15, 0.2) is 24.3 Å². The molecule has 58 valence electrons. The Hall–Kier alpha value is -0.820. The molecule has 1 aliphatic heterocycles. The first-order valence-corrected chi connectivity index (χ1v) is 4.02. The maximum atomic E-state index is 5.15. The molecular formula is C10H12O. The minimum Gasteiger partial charge on any atom is -0.373 e. The van der Waals surface area contributed by atoms with E-state index in [0.717, 1.165) is 13.0 Å². The van der Waals surface area contributed by atoms with Gasteiger partial charge >= 0.3 is 0 Å². The van der Waals surface area contributed by atoms with E-state index >= 15 is 0 Å². The van der Waals surface area contributed by atoms with Crippen molar-refractivity contribution in [2.75, 3.05) is 6.61 Å². The van der Waals surface area contributed by atoms with Gasteiger partial charge in [0.2, 0.25) is 0 Å². The molecule has 1 fully saturated rings. The Kier molecular flexibility index (Phi) is 1.66. The standard InChI is InChI=1S/C10H12O/c1-8-3-2-4-9(5-8)6-10-7-11-10/h2-5,10H,6-7H2,1H3/t10-/m0/s1. The molecular weight excluding hydrogens is 136 g/mol. The molecule has 2 rings (SSSR count). The average molecular weight is 148 g/mol. The molecule has 1 heterocycles. The Balaban J connectivity index is 2.10. The zero-order valence-corrected chi connectivity index (χ0v) is 6.71. The number of hydrogen-bond donors (Lipinski definition) is 0. The first-order chi connectivity index (χ1) is 5.34. The Morgan fingerprint density at radius 1 is 1.55 bits per heavy atom. The van der Waals surface area contributed by atoms with Crippen LogP contribution in [-0.2, 0) is 11.2 Å². The van der Waals surface area contributed by atoms with E-state index in [2.05, 4.69) is 31.2 Å². The van der Waals surface area contributed by atoms with E-state index in [9.17, 15) is 0 Å². The summed E-state index contributed by atoms with van der Waals surface area (Å²) in [6, 6.07) is 8.61. The number of epoxide rings is 1. The minimum atomic E-state index is 0.511. The van der Waals surface area contributed by atoms with Gasteiger partial charge in [-0.3, -0.25) is 0 Å². The topological polar surface area (TPSA) is 12.5 Å². The monoisotopic (exact) mass is 148 g/mol. The predicted molar refractivity (Wildman–Crippen MR) is 44.6 cm³/mol. The van der Waals surface area contributed by atoms with E-state index in [1.165, 1.54) is 11.1 Å². The lowest BCUT2D eigenvalue weighted by atomic mass is 10.1. The summed E-state index contributed by atoms with van der Waals surface area (Å²) in [4.78, 5) is 0. The van der Waals surface area contributed by atoms with Crippen LogP contribution >= 0.6 is 0 Å². The number of aryl methyl sites for hydroxylation is 1. The molecule has 0 radical (unpaired) electrons. The van der Waals surface area contributed by atoms with E-state index in [1.54, 1.807) is 0 Å². The first-order valence-electron chi connectivity index (χ1n) is 4.02. The first kappa shape index (κ1) is 6.86. The second kappa shape index (κ2) is 2.67. The molecule has 1 aromatic rings. The van der Waals surface area contributed by atoms with E-state index in [4.69, 9.17) is 4.74 Å². The summed E-state index contributed by atoms with van der Waals surface area (Å²) in [5.74, 6) is 0. The number of ether oxygens (including phenoxy) is 1. The third kappa shape index (κ3) is 1.81. The van der Waals surface area contributed by atoms with Crippen LogP contribution in [0, 0.1) is 6.92 Å². The molecule has 0 N–H and O–H groups in total. The van der Waals surface area contributed by atoms with Crippen LogP contribution in [0.1, 0.15) is 11.1 Å². The van der Waals surface area contributed by atoms with Crippen molar-refractivity contribution >= 4 is 0 Å². The largest absolute Gasteiger partial charge is 0.373 e. The highest BCUT2D eigenvalue weighted by Crippen LogP contribution is 2.16. The molecule has 0 aliphatic carbocycles. The maximum Gasteiger partial charge on any atom is 0.0850 e. The van der Waals surface area contributed by atoms with Crippen molar-refractivity contribution in [3.63, 3.8) is 0 Å². The Labute approximate surface area is 67.0 Å². The summed E-state index contributed by atoms with van der Waals surface area (Å²) in [6.07, 6.45) is 1.60. The van der Waals surface area contributed by atoms with Gasteiger partial charge in [0, 0.05) is 6.42 Å². The molecule has 1 aliphatic rings. The van der Waals surface area contributed by atoms with Crippen LogP contribution in [0.2, 0.25) is 0 Å². The van der Waals surface area contributed by atoms with Crippen molar-refractivity contribution in [1.82, 2.24) is 0 Å². The fourth-order valence-electron chi connectivity index (χ4n) is 1.29. The SMILES string of the molecule is Cc1cccc(C[C@H]2CO2)c1. The predicted octanol–water partition coefficient (Wildman–Crippen LogP) is 1.94. The second-order valence-corrected chi connectivity index (χ2v) is 3.15. The smallest absolute Gasteiger partial charge is 0.0850 e. The van der Waals surface area contributed by atoms with Crippen molar-refractivity contribution in [2.24, 2.45) is 0 Å². The van der Waals surface area contributed by atoms with Crippen LogP contribution < -0.4 is 0 Å². The van der Waals surface area contributed by atoms with Crippen molar-refractivity contribution < 1.29 is 4.74 Å². The van der Waals surface area contributed by atoms with Crippen LogP contribution in [-0.4, -0.2) is 12.7 Å². The highest BCUT2D eigenvalue weighted by molar-refractivity contribution is 5.23. The van der Waals surface area contributed by atoms with E-state index in [0.29, 0.717) is 6.10 Å². The van der Waals surface area contributed by atoms with Crippen LogP contribution in [0.25, 0.3) is 0 Å². The zero-order chi connectivity index (χ0) is 7.68. The highest BCUT2D eigenvalue weighted by atomic mass is 16.6. The van der Waals surface area contributed by atoms with Crippen molar-refractivity contribution in [2.45, 2.75) is 19.4 Å². The molecule has 1 aromatic carbocycles. The number of rotatable bonds is 2. The van der Waals surface area contributed by atoms with Gasteiger partial charge in [-0.15, -0.1) is 0 Å².